The molecule has 13 heteroatoms. The number of aliphatic hydroxyl groups excluding tert-OH is 7. The Morgan fingerprint density at radius 3 is 1.83 bits per heavy atom. The maximum Gasteiger partial charge on any atom is 0.186 e. The van der Waals surface area contributed by atoms with Gasteiger partial charge in [-0.05, 0) is 117 Å². The van der Waals surface area contributed by atoms with Crippen LogP contribution in [0.2, 0.25) is 0 Å². The molecule has 3 aliphatic heterocycles. The second kappa shape index (κ2) is 12.5. The molecule has 5 aliphatic carbocycles. The fourth-order valence-corrected chi connectivity index (χ4v) is 14.6. The summed E-state index contributed by atoms with van der Waals surface area (Å²) in [5, 5.41) is 86.4. The van der Waals surface area contributed by atoms with Gasteiger partial charge >= 0.3 is 0 Å². The molecule has 0 aromatic heterocycles. The lowest BCUT2D eigenvalue weighted by Crippen LogP contribution is -2.64. The molecule has 8 rings (SSSR count). The third-order valence-electron chi connectivity index (χ3n) is 17.2. The summed E-state index contributed by atoms with van der Waals surface area (Å²) in [5.74, 6) is -0.0540. The third kappa shape index (κ3) is 5.42. The molecule has 8 N–H and O–H groups in total. The molecule has 53 heavy (non-hydrogen) atoms. The van der Waals surface area contributed by atoms with Crippen LogP contribution < -0.4 is 0 Å². The smallest absolute Gasteiger partial charge is 0.186 e. The fourth-order valence-electron chi connectivity index (χ4n) is 14.6. The zero-order valence-corrected chi connectivity index (χ0v) is 32.6. The first kappa shape index (κ1) is 39.3. The standard InChI is InChI=1S/C40H66O13/c1-34(2)24(52-33-29(47)27(45)21(43)17-50-33)9-11-40-18-39(40)13-12-36(5)30(38(7)10-8-25(53-38)35(3,4)48)19(41)15-37(36,6)23(39)14-22(31(34)40)51-32-28(46)26(44)20(42)16-49-32/h19-33,41-48H,8-18H2,1-7H3/t19-,20+,21+,22-,23?,24-,25-,26?,27?,28-,29-,30-,31?,32-,33-,36+,37-,38+,39-,40+/m0/s1. The van der Waals surface area contributed by atoms with Crippen molar-refractivity contribution in [1.82, 2.24) is 0 Å². The lowest BCUT2D eigenvalue weighted by molar-refractivity contribution is -0.326. The highest BCUT2D eigenvalue weighted by Gasteiger charge is 2.85. The summed E-state index contributed by atoms with van der Waals surface area (Å²) >= 11 is 0. The molecule has 0 radical (unpaired) electrons. The minimum Gasteiger partial charge on any atom is -0.393 e. The van der Waals surface area contributed by atoms with Crippen molar-refractivity contribution in [2.24, 2.45) is 44.8 Å². The Labute approximate surface area is 313 Å². The van der Waals surface area contributed by atoms with E-state index in [1.54, 1.807) is 13.8 Å². The van der Waals surface area contributed by atoms with Gasteiger partial charge in [0.25, 0.3) is 0 Å². The summed E-state index contributed by atoms with van der Waals surface area (Å²) < 4.78 is 31.8. The largest absolute Gasteiger partial charge is 0.393 e. The Morgan fingerprint density at radius 1 is 0.642 bits per heavy atom. The minimum atomic E-state index is -1.45. The Bertz CT molecular complexity index is 1410. The van der Waals surface area contributed by atoms with Crippen molar-refractivity contribution in [3.63, 3.8) is 0 Å². The Hall–Kier alpha value is -0.520. The maximum atomic E-state index is 12.2. The first-order valence-corrected chi connectivity index (χ1v) is 20.3. The van der Waals surface area contributed by atoms with Gasteiger partial charge in [0.2, 0.25) is 0 Å². The van der Waals surface area contributed by atoms with Crippen LogP contribution in [0.1, 0.15) is 106 Å². The molecule has 20 atom stereocenters. The predicted octanol–water partition coefficient (Wildman–Crippen LogP) is 1.36. The zero-order chi connectivity index (χ0) is 38.5. The van der Waals surface area contributed by atoms with E-state index < -0.39 is 84.1 Å². The van der Waals surface area contributed by atoms with Crippen LogP contribution in [0.3, 0.4) is 0 Å². The lowest BCUT2D eigenvalue weighted by atomic mass is 9.41. The van der Waals surface area contributed by atoms with E-state index in [1.807, 2.05) is 0 Å². The molecule has 0 aromatic carbocycles. The molecular formula is C40H66O13. The highest BCUT2D eigenvalue weighted by molar-refractivity contribution is 5.33. The summed E-state index contributed by atoms with van der Waals surface area (Å²) in [6.45, 7) is 14.4. The normalized spacial score (nSPS) is 59.0. The van der Waals surface area contributed by atoms with Crippen LogP contribution in [0.25, 0.3) is 0 Å². The molecule has 4 unspecified atom stereocenters. The predicted molar refractivity (Wildman–Crippen MR) is 188 cm³/mol. The molecule has 0 amide bonds. The monoisotopic (exact) mass is 754 g/mol. The van der Waals surface area contributed by atoms with Gasteiger partial charge in [0, 0.05) is 5.92 Å². The van der Waals surface area contributed by atoms with Crippen LogP contribution in [-0.2, 0) is 23.7 Å². The van der Waals surface area contributed by atoms with Crippen molar-refractivity contribution >= 4 is 0 Å². The quantitative estimate of drug-likeness (QED) is 0.181. The molecule has 8 fully saturated rings. The van der Waals surface area contributed by atoms with Crippen molar-refractivity contribution in [3.8, 4) is 0 Å². The van der Waals surface area contributed by atoms with Gasteiger partial charge in [0.15, 0.2) is 12.6 Å². The number of hydrogen-bond donors (Lipinski definition) is 8. The van der Waals surface area contributed by atoms with Gasteiger partial charge in [-0.3, -0.25) is 0 Å². The molecule has 8 aliphatic rings. The second-order valence-electron chi connectivity index (χ2n) is 20.6. The number of hydrogen-bond acceptors (Lipinski definition) is 13. The summed E-state index contributed by atoms with van der Waals surface area (Å²) in [4.78, 5) is 0. The summed E-state index contributed by atoms with van der Waals surface area (Å²) in [5.41, 5.74) is -2.85. The van der Waals surface area contributed by atoms with E-state index in [9.17, 15) is 40.9 Å². The van der Waals surface area contributed by atoms with Gasteiger partial charge in [-0.1, -0.05) is 27.7 Å². The molecular weight excluding hydrogens is 688 g/mol. The van der Waals surface area contributed by atoms with E-state index in [2.05, 4.69) is 34.6 Å². The molecule has 0 bridgehead atoms. The van der Waals surface area contributed by atoms with E-state index in [1.165, 1.54) is 0 Å². The Morgan fingerprint density at radius 2 is 1.25 bits per heavy atom. The lowest BCUT2D eigenvalue weighted by Gasteiger charge is -2.65. The van der Waals surface area contributed by atoms with Crippen LogP contribution in [0, 0.1) is 44.8 Å². The Balaban J connectivity index is 1.14. The van der Waals surface area contributed by atoms with Crippen LogP contribution in [0.15, 0.2) is 0 Å². The molecule has 5 saturated carbocycles. The van der Waals surface area contributed by atoms with Crippen molar-refractivity contribution < 1.29 is 64.5 Å². The molecule has 13 nitrogen and oxygen atoms in total. The van der Waals surface area contributed by atoms with E-state index in [-0.39, 0.29) is 58.7 Å². The number of aliphatic hydroxyl groups is 8. The number of ether oxygens (including phenoxy) is 5. The first-order chi connectivity index (χ1) is 24.6. The van der Waals surface area contributed by atoms with Crippen molar-refractivity contribution in [2.45, 2.75) is 191 Å². The van der Waals surface area contributed by atoms with Gasteiger partial charge in [-0.15, -0.1) is 0 Å². The van der Waals surface area contributed by atoms with Gasteiger partial charge in [0.05, 0.1) is 48.8 Å². The van der Waals surface area contributed by atoms with E-state index >= 15 is 0 Å². The average Bonchev–Trinajstić information content (AvgIpc) is 3.44. The summed E-state index contributed by atoms with van der Waals surface area (Å²) in [6.07, 6.45) is -4.95. The average molecular weight is 755 g/mol. The minimum absolute atomic E-state index is 0.0153. The van der Waals surface area contributed by atoms with Gasteiger partial charge < -0.3 is 64.5 Å². The van der Waals surface area contributed by atoms with Crippen LogP contribution in [-0.4, -0.2) is 139 Å². The van der Waals surface area contributed by atoms with Crippen LogP contribution >= 0.6 is 0 Å². The molecule has 3 heterocycles. The third-order valence-corrected chi connectivity index (χ3v) is 17.2. The Kier molecular flexibility index (Phi) is 9.27. The highest BCUT2D eigenvalue weighted by atomic mass is 16.7. The van der Waals surface area contributed by atoms with Crippen molar-refractivity contribution in [2.75, 3.05) is 13.2 Å². The van der Waals surface area contributed by atoms with Crippen molar-refractivity contribution in [1.29, 1.82) is 0 Å². The highest BCUT2D eigenvalue weighted by Crippen LogP contribution is 2.89. The first-order valence-electron chi connectivity index (χ1n) is 20.3. The molecule has 2 spiro atoms. The van der Waals surface area contributed by atoms with Crippen molar-refractivity contribution in [3.05, 3.63) is 0 Å². The fraction of sp³-hybridized carbons (Fsp3) is 1.00. The SMILES string of the molecule is CC(C)(O)[C@@H]1CC[C@](C)([C@H]2[C@@H](O)C[C@@]3(C)C4C[C@H](O[C@@H]5OC[C@@H](O)C(O)[C@@H]5O)C5C(C)(C)[C@@H](O[C@@H]6OC[C@@H](O)C(O)[C@@H]6O)CC[C@@]56C[C@@]46CC[C@]23C)O1. The van der Waals surface area contributed by atoms with E-state index in [0.29, 0.717) is 19.3 Å². The zero-order valence-electron chi connectivity index (χ0n) is 32.6. The van der Waals surface area contributed by atoms with E-state index in [0.717, 1.165) is 38.5 Å². The molecule has 0 aromatic rings. The summed E-state index contributed by atoms with van der Waals surface area (Å²) in [6, 6.07) is 0. The number of fused-ring (bicyclic) bond motifs is 2. The van der Waals surface area contributed by atoms with Crippen LogP contribution in [0.5, 0.6) is 0 Å². The molecule has 3 saturated heterocycles. The topological polar surface area (TPSA) is 208 Å². The van der Waals surface area contributed by atoms with Gasteiger partial charge in [-0.25, -0.2) is 0 Å². The van der Waals surface area contributed by atoms with E-state index in [4.69, 9.17) is 23.7 Å². The second-order valence-corrected chi connectivity index (χ2v) is 20.6. The van der Waals surface area contributed by atoms with Gasteiger partial charge in [0.1, 0.15) is 36.6 Å². The van der Waals surface area contributed by atoms with Gasteiger partial charge in [-0.2, -0.15) is 0 Å². The molecule has 304 valence electrons. The number of rotatable bonds is 6. The van der Waals surface area contributed by atoms with Crippen LogP contribution in [0.4, 0.5) is 0 Å². The summed E-state index contributed by atoms with van der Waals surface area (Å²) in [7, 11) is 0. The maximum absolute atomic E-state index is 12.2.